The largest absolute Gasteiger partial charge is 0.326 e. The fourth-order valence-electron chi connectivity index (χ4n) is 1.83. The van der Waals surface area contributed by atoms with Crippen LogP contribution >= 0.6 is 10.7 Å². The summed E-state index contributed by atoms with van der Waals surface area (Å²) >= 11 is 0. The molecule has 0 aromatic heterocycles. The second-order valence-corrected chi connectivity index (χ2v) is 6.75. The Morgan fingerprint density at radius 1 is 1.05 bits per heavy atom. The van der Waals surface area contributed by atoms with Crippen molar-refractivity contribution >= 4 is 31.3 Å². The summed E-state index contributed by atoms with van der Waals surface area (Å²) in [5.74, 6) is -0.169. The van der Waals surface area contributed by atoms with Crippen LogP contribution in [-0.4, -0.2) is 14.3 Å². The van der Waals surface area contributed by atoms with Crippen molar-refractivity contribution in [3.05, 3.63) is 48.5 Å². The van der Waals surface area contributed by atoms with E-state index in [-0.39, 0.29) is 10.8 Å². The highest BCUT2D eigenvalue weighted by Gasteiger charge is 2.11. The molecule has 0 atom stereocenters. The maximum atomic E-state index is 11.2. The number of carbonyl (C=O) groups is 1. The van der Waals surface area contributed by atoms with E-state index in [4.69, 9.17) is 10.7 Å². The van der Waals surface area contributed by atoms with Gasteiger partial charge in [0, 0.05) is 28.9 Å². The van der Waals surface area contributed by atoms with E-state index in [1.165, 1.54) is 19.1 Å². The lowest BCUT2D eigenvalue weighted by atomic mass is 10.0. The summed E-state index contributed by atoms with van der Waals surface area (Å²) in [4.78, 5) is 11.2. The molecule has 2 rings (SSSR count). The number of carbonyl (C=O) groups excluding carboxylic acids is 1. The fraction of sp³-hybridized carbons (Fsp3) is 0.0714. The Morgan fingerprint density at radius 3 is 2.20 bits per heavy atom. The predicted molar refractivity (Wildman–Crippen MR) is 79.2 cm³/mol. The van der Waals surface area contributed by atoms with Crippen LogP contribution < -0.4 is 5.32 Å². The summed E-state index contributed by atoms with van der Waals surface area (Å²) in [6.07, 6.45) is 0. The standard InChI is InChI=1S/C14H12ClNO3S/c1-10(17)16-14-5-3-2-4-13(14)11-6-8-12(9-7-11)20(15,18)19/h2-9H,1H3,(H,16,17). The van der Waals surface area contributed by atoms with E-state index >= 15 is 0 Å². The van der Waals surface area contributed by atoms with Crippen molar-refractivity contribution in [1.82, 2.24) is 0 Å². The third-order valence-electron chi connectivity index (χ3n) is 2.68. The first kappa shape index (κ1) is 14.6. The number of benzene rings is 2. The molecule has 1 amide bonds. The Balaban J connectivity index is 2.44. The number of rotatable bonds is 3. The Morgan fingerprint density at radius 2 is 1.65 bits per heavy atom. The lowest BCUT2D eigenvalue weighted by Crippen LogP contribution is -2.06. The zero-order valence-corrected chi connectivity index (χ0v) is 12.2. The molecule has 0 aliphatic rings. The second-order valence-electron chi connectivity index (χ2n) is 4.19. The van der Waals surface area contributed by atoms with Gasteiger partial charge in [-0.2, -0.15) is 0 Å². The maximum Gasteiger partial charge on any atom is 0.261 e. The number of amides is 1. The van der Waals surface area contributed by atoms with Gasteiger partial charge in [-0.15, -0.1) is 0 Å². The van der Waals surface area contributed by atoms with E-state index in [0.717, 1.165) is 11.1 Å². The van der Waals surface area contributed by atoms with Gasteiger partial charge < -0.3 is 5.32 Å². The molecule has 0 aliphatic carbocycles. The molecular formula is C14H12ClNO3S. The molecular weight excluding hydrogens is 298 g/mol. The zero-order chi connectivity index (χ0) is 14.8. The van der Waals surface area contributed by atoms with Gasteiger partial charge in [-0.1, -0.05) is 30.3 Å². The number of hydrogen-bond donors (Lipinski definition) is 1. The average molecular weight is 310 g/mol. The molecule has 0 aliphatic heterocycles. The molecule has 0 unspecified atom stereocenters. The minimum atomic E-state index is -3.73. The first-order valence-corrected chi connectivity index (χ1v) is 8.10. The van der Waals surface area contributed by atoms with Crippen molar-refractivity contribution < 1.29 is 13.2 Å². The van der Waals surface area contributed by atoms with E-state index < -0.39 is 9.05 Å². The van der Waals surface area contributed by atoms with Gasteiger partial charge in [-0.05, 0) is 23.8 Å². The monoisotopic (exact) mass is 309 g/mol. The summed E-state index contributed by atoms with van der Waals surface area (Å²) in [7, 11) is 1.54. The Hall–Kier alpha value is -1.85. The van der Waals surface area contributed by atoms with Gasteiger partial charge in [-0.25, -0.2) is 8.42 Å². The van der Waals surface area contributed by atoms with Crippen LogP contribution in [0, 0.1) is 0 Å². The zero-order valence-electron chi connectivity index (χ0n) is 10.6. The number of anilines is 1. The van der Waals surface area contributed by atoms with Crippen LogP contribution in [0.3, 0.4) is 0 Å². The first-order valence-electron chi connectivity index (χ1n) is 5.79. The Bertz CT molecular complexity index is 739. The topological polar surface area (TPSA) is 63.2 Å². The molecule has 2 aromatic rings. The van der Waals surface area contributed by atoms with Crippen LogP contribution in [0.1, 0.15) is 6.92 Å². The molecule has 0 heterocycles. The molecule has 0 radical (unpaired) electrons. The van der Waals surface area contributed by atoms with Crippen LogP contribution in [0.5, 0.6) is 0 Å². The average Bonchev–Trinajstić information content (AvgIpc) is 2.38. The number of nitrogens with one attached hydrogen (secondary N) is 1. The second kappa shape index (κ2) is 5.64. The van der Waals surface area contributed by atoms with Crippen LogP contribution in [0.25, 0.3) is 11.1 Å². The number of halogens is 1. The van der Waals surface area contributed by atoms with Gasteiger partial charge in [0.25, 0.3) is 9.05 Å². The van der Waals surface area contributed by atoms with Crippen molar-refractivity contribution in [3.8, 4) is 11.1 Å². The number of para-hydroxylation sites is 1. The molecule has 0 saturated carbocycles. The van der Waals surface area contributed by atoms with Gasteiger partial charge in [0.1, 0.15) is 0 Å². The molecule has 0 spiro atoms. The van der Waals surface area contributed by atoms with Crippen molar-refractivity contribution in [2.45, 2.75) is 11.8 Å². The van der Waals surface area contributed by atoms with Gasteiger partial charge >= 0.3 is 0 Å². The molecule has 0 saturated heterocycles. The van der Waals surface area contributed by atoms with Gasteiger partial charge in [0.2, 0.25) is 5.91 Å². The summed E-state index contributed by atoms with van der Waals surface area (Å²) in [6.45, 7) is 1.43. The Labute approximate surface area is 121 Å². The molecule has 0 fully saturated rings. The van der Waals surface area contributed by atoms with E-state index in [0.29, 0.717) is 5.69 Å². The molecule has 104 valence electrons. The Kier molecular flexibility index (Phi) is 4.11. The minimum Gasteiger partial charge on any atom is -0.326 e. The highest BCUT2D eigenvalue weighted by molar-refractivity contribution is 8.13. The molecule has 0 bridgehead atoms. The highest BCUT2D eigenvalue weighted by Crippen LogP contribution is 2.29. The van der Waals surface area contributed by atoms with Crippen LogP contribution in [0.15, 0.2) is 53.4 Å². The van der Waals surface area contributed by atoms with E-state index in [2.05, 4.69) is 5.32 Å². The molecule has 4 nitrogen and oxygen atoms in total. The van der Waals surface area contributed by atoms with Crippen LogP contribution in [0.2, 0.25) is 0 Å². The van der Waals surface area contributed by atoms with Crippen molar-refractivity contribution in [3.63, 3.8) is 0 Å². The van der Waals surface area contributed by atoms with E-state index in [9.17, 15) is 13.2 Å². The van der Waals surface area contributed by atoms with Gasteiger partial charge in [0.15, 0.2) is 0 Å². The van der Waals surface area contributed by atoms with Crippen molar-refractivity contribution in [2.24, 2.45) is 0 Å². The third-order valence-corrected chi connectivity index (χ3v) is 4.05. The lowest BCUT2D eigenvalue weighted by molar-refractivity contribution is -0.114. The molecule has 1 N–H and O–H groups in total. The summed E-state index contributed by atoms with van der Waals surface area (Å²) in [5.41, 5.74) is 2.26. The van der Waals surface area contributed by atoms with Crippen molar-refractivity contribution in [2.75, 3.05) is 5.32 Å². The van der Waals surface area contributed by atoms with Crippen LogP contribution in [0.4, 0.5) is 5.69 Å². The smallest absolute Gasteiger partial charge is 0.261 e. The highest BCUT2D eigenvalue weighted by atomic mass is 35.7. The summed E-state index contributed by atoms with van der Waals surface area (Å²) in [6, 6.07) is 13.4. The quantitative estimate of drug-likeness (QED) is 0.885. The molecule has 20 heavy (non-hydrogen) atoms. The van der Waals surface area contributed by atoms with Gasteiger partial charge in [0.05, 0.1) is 4.90 Å². The van der Waals surface area contributed by atoms with E-state index in [1.807, 2.05) is 18.2 Å². The normalized spacial score (nSPS) is 11.1. The molecule has 6 heteroatoms. The van der Waals surface area contributed by atoms with Crippen molar-refractivity contribution in [1.29, 1.82) is 0 Å². The summed E-state index contributed by atoms with van der Waals surface area (Å²) < 4.78 is 22.4. The van der Waals surface area contributed by atoms with Crippen LogP contribution in [-0.2, 0) is 13.8 Å². The number of hydrogen-bond acceptors (Lipinski definition) is 3. The maximum absolute atomic E-state index is 11.2. The lowest BCUT2D eigenvalue weighted by Gasteiger charge is -2.10. The van der Waals surface area contributed by atoms with Gasteiger partial charge in [-0.3, -0.25) is 4.79 Å². The fourth-order valence-corrected chi connectivity index (χ4v) is 2.60. The SMILES string of the molecule is CC(=O)Nc1ccccc1-c1ccc(S(=O)(=O)Cl)cc1. The third kappa shape index (κ3) is 3.37. The summed E-state index contributed by atoms with van der Waals surface area (Å²) in [5, 5.41) is 2.73. The first-order chi connectivity index (χ1) is 9.38. The predicted octanol–water partition coefficient (Wildman–Crippen LogP) is 3.24. The minimum absolute atomic E-state index is 0.0416. The van der Waals surface area contributed by atoms with E-state index in [1.54, 1.807) is 18.2 Å². The molecule has 2 aromatic carbocycles.